The highest BCUT2D eigenvalue weighted by molar-refractivity contribution is 7.80. The minimum absolute atomic E-state index is 0.133. The Bertz CT molecular complexity index is 614. The van der Waals surface area contributed by atoms with E-state index in [0.29, 0.717) is 22.9 Å². The summed E-state index contributed by atoms with van der Waals surface area (Å²) in [4.78, 5) is 20.2. The molecule has 0 atom stereocenters. The summed E-state index contributed by atoms with van der Waals surface area (Å²) in [5.74, 6) is 0.296. The van der Waals surface area contributed by atoms with Crippen LogP contribution in [-0.2, 0) is 6.42 Å². The molecule has 0 unspecified atom stereocenters. The molecule has 20 heavy (non-hydrogen) atoms. The largest absolute Gasteiger partial charge is 0.333 e. The molecule has 0 amide bonds. The number of aryl methyl sites for hydroxylation is 1. The number of carbonyl (C=O) groups is 1. The van der Waals surface area contributed by atoms with Crippen LogP contribution in [0, 0.1) is 0 Å². The van der Waals surface area contributed by atoms with Gasteiger partial charge in [0.05, 0.1) is 4.99 Å². The molecule has 1 aromatic carbocycles. The van der Waals surface area contributed by atoms with Crippen LogP contribution < -0.4 is 5.32 Å². The first-order valence-corrected chi connectivity index (χ1v) is 6.73. The van der Waals surface area contributed by atoms with Crippen molar-refractivity contribution in [2.75, 3.05) is 5.32 Å². The number of carbonyl (C=O) groups excluding carboxylic acids is 1. The monoisotopic (exact) mass is 285 g/mol. The summed E-state index contributed by atoms with van der Waals surface area (Å²) >= 11 is 5.29. The SMILES string of the molecule is CC(=O)c1nccnc1NC(=S)CCc1ccccc1. The number of Topliss-reactive ketones (excluding diaryl/α,β-unsaturated/α-hetero) is 1. The van der Waals surface area contributed by atoms with E-state index in [2.05, 4.69) is 27.4 Å². The van der Waals surface area contributed by atoms with Gasteiger partial charge in [-0.15, -0.1) is 0 Å². The molecule has 0 aliphatic carbocycles. The molecule has 1 heterocycles. The third-order valence-electron chi connectivity index (χ3n) is 2.77. The van der Waals surface area contributed by atoms with Gasteiger partial charge in [-0.3, -0.25) is 4.79 Å². The van der Waals surface area contributed by atoms with Crippen LogP contribution >= 0.6 is 12.2 Å². The quantitative estimate of drug-likeness (QED) is 0.676. The number of aromatic nitrogens is 2. The lowest BCUT2D eigenvalue weighted by Gasteiger charge is -2.09. The van der Waals surface area contributed by atoms with Gasteiger partial charge in [-0.1, -0.05) is 42.5 Å². The number of hydrogen-bond acceptors (Lipinski definition) is 4. The molecule has 0 radical (unpaired) electrons. The maximum absolute atomic E-state index is 11.4. The minimum atomic E-state index is -0.133. The van der Waals surface area contributed by atoms with Gasteiger partial charge in [0.2, 0.25) is 0 Å². The lowest BCUT2D eigenvalue weighted by molar-refractivity contribution is 0.101. The molecule has 1 N–H and O–H groups in total. The average molecular weight is 285 g/mol. The van der Waals surface area contributed by atoms with Crippen LogP contribution in [0.5, 0.6) is 0 Å². The molecule has 0 fully saturated rings. The van der Waals surface area contributed by atoms with E-state index in [-0.39, 0.29) is 5.78 Å². The minimum Gasteiger partial charge on any atom is -0.333 e. The predicted molar refractivity (Wildman–Crippen MR) is 83.0 cm³/mol. The highest BCUT2D eigenvalue weighted by Crippen LogP contribution is 2.11. The number of ketones is 1. The van der Waals surface area contributed by atoms with Gasteiger partial charge in [0, 0.05) is 25.7 Å². The molecule has 1 aromatic heterocycles. The van der Waals surface area contributed by atoms with Gasteiger partial charge >= 0.3 is 0 Å². The van der Waals surface area contributed by atoms with Crippen molar-refractivity contribution in [2.24, 2.45) is 0 Å². The Morgan fingerprint density at radius 1 is 1.20 bits per heavy atom. The summed E-state index contributed by atoms with van der Waals surface area (Å²) in [6.07, 6.45) is 4.58. The summed E-state index contributed by atoms with van der Waals surface area (Å²) in [5.41, 5.74) is 1.54. The molecule has 2 rings (SSSR count). The van der Waals surface area contributed by atoms with Gasteiger partial charge in [0.1, 0.15) is 5.69 Å². The van der Waals surface area contributed by atoms with Crippen molar-refractivity contribution in [1.82, 2.24) is 9.97 Å². The molecule has 0 aliphatic heterocycles. The Morgan fingerprint density at radius 2 is 1.90 bits per heavy atom. The summed E-state index contributed by atoms with van der Waals surface area (Å²) in [7, 11) is 0. The molecule has 0 bridgehead atoms. The smallest absolute Gasteiger partial charge is 0.181 e. The van der Waals surface area contributed by atoms with Gasteiger partial charge in [-0.05, 0) is 12.0 Å². The highest BCUT2D eigenvalue weighted by atomic mass is 32.1. The van der Waals surface area contributed by atoms with Crippen LogP contribution in [0.4, 0.5) is 5.82 Å². The van der Waals surface area contributed by atoms with Gasteiger partial charge in [-0.2, -0.15) is 0 Å². The molecule has 4 nitrogen and oxygen atoms in total. The van der Waals surface area contributed by atoms with Gasteiger partial charge in [0.25, 0.3) is 0 Å². The number of rotatable bonds is 5. The molecular weight excluding hydrogens is 270 g/mol. The van der Waals surface area contributed by atoms with Crippen LogP contribution in [0.2, 0.25) is 0 Å². The number of anilines is 1. The van der Waals surface area contributed by atoms with E-state index in [0.717, 1.165) is 6.42 Å². The number of thiocarbonyl (C=S) groups is 1. The van der Waals surface area contributed by atoms with Crippen LogP contribution in [0.3, 0.4) is 0 Å². The molecule has 2 aromatic rings. The zero-order chi connectivity index (χ0) is 14.4. The van der Waals surface area contributed by atoms with E-state index < -0.39 is 0 Å². The van der Waals surface area contributed by atoms with Crippen molar-refractivity contribution < 1.29 is 4.79 Å². The lowest BCUT2D eigenvalue weighted by Crippen LogP contribution is -2.15. The lowest BCUT2D eigenvalue weighted by atomic mass is 10.1. The fraction of sp³-hybridized carbons (Fsp3) is 0.200. The van der Waals surface area contributed by atoms with E-state index in [1.54, 1.807) is 0 Å². The first-order valence-electron chi connectivity index (χ1n) is 6.32. The maximum atomic E-state index is 11.4. The maximum Gasteiger partial charge on any atom is 0.181 e. The van der Waals surface area contributed by atoms with E-state index in [1.165, 1.54) is 24.9 Å². The van der Waals surface area contributed by atoms with Crippen molar-refractivity contribution in [3.8, 4) is 0 Å². The van der Waals surface area contributed by atoms with Gasteiger partial charge in [0.15, 0.2) is 11.6 Å². The molecule has 0 saturated carbocycles. The molecular formula is C15H15N3OS. The second-order valence-corrected chi connectivity index (χ2v) is 4.84. The van der Waals surface area contributed by atoms with Crippen LogP contribution in [0.15, 0.2) is 42.7 Å². The van der Waals surface area contributed by atoms with Crippen molar-refractivity contribution in [2.45, 2.75) is 19.8 Å². The molecule has 0 spiro atoms. The zero-order valence-corrected chi connectivity index (χ0v) is 12.0. The van der Waals surface area contributed by atoms with E-state index in [9.17, 15) is 4.79 Å². The van der Waals surface area contributed by atoms with Crippen LogP contribution in [0.25, 0.3) is 0 Å². The summed E-state index contributed by atoms with van der Waals surface area (Å²) < 4.78 is 0. The van der Waals surface area contributed by atoms with E-state index >= 15 is 0 Å². The summed E-state index contributed by atoms with van der Waals surface area (Å²) in [6, 6.07) is 10.1. The standard InChI is InChI=1S/C15H15N3OS/c1-11(19)14-15(17-10-9-16-14)18-13(20)8-7-12-5-3-2-4-6-12/h2-6,9-10H,7-8H2,1H3,(H,17,18,20). The third-order valence-corrected chi connectivity index (χ3v) is 3.08. The Kier molecular flexibility index (Phi) is 4.90. The van der Waals surface area contributed by atoms with Gasteiger partial charge < -0.3 is 5.32 Å². The predicted octanol–water partition coefficient (Wildman–Crippen LogP) is 3.05. The Labute approximate surface area is 123 Å². The first kappa shape index (κ1) is 14.3. The Morgan fingerprint density at radius 3 is 2.60 bits per heavy atom. The van der Waals surface area contributed by atoms with Crippen molar-refractivity contribution >= 4 is 28.8 Å². The number of benzene rings is 1. The second kappa shape index (κ2) is 6.86. The van der Waals surface area contributed by atoms with Crippen molar-refractivity contribution in [3.05, 3.63) is 54.0 Å². The highest BCUT2D eigenvalue weighted by Gasteiger charge is 2.10. The Balaban J connectivity index is 1.97. The topological polar surface area (TPSA) is 54.9 Å². The van der Waals surface area contributed by atoms with Crippen molar-refractivity contribution in [3.63, 3.8) is 0 Å². The van der Waals surface area contributed by atoms with Crippen molar-refractivity contribution in [1.29, 1.82) is 0 Å². The second-order valence-electron chi connectivity index (χ2n) is 4.34. The molecule has 0 aliphatic rings. The summed E-state index contributed by atoms with van der Waals surface area (Å²) in [5, 5.41) is 3.00. The van der Waals surface area contributed by atoms with Crippen LogP contribution in [0.1, 0.15) is 29.4 Å². The molecule has 102 valence electrons. The summed E-state index contributed by atoms with van der Waals surface area (Å²) in [6.45, 7) is 1.46. The number of nitrogens with zero attached hydrogens (tertiary/aromatic N) is 2. The van der Waals surface area contributed by atoms with E-state index in [1.807, 2.05) is 18.2 Å². The third kappa shape index (κ3) is 3.93. The van der Waals surface area contributed by atoms with Crippen LogP contribution in [-0.4, -0.2) is 20.7 Å². The molecule has 0 saturated heterocycles. The number of nitrogens with one attached hydrogen (secondary N) is 1. The van der Waals surface area contributed by atoms with E-state index in [4.69, 9.17) is 12.2 Å². The normalized spacial score (nSPS) is 10.1. The zero-order valence-electron chi connectivity index (χ0n) is 11.2. The first-order chi connectivity index (χ1) is 9.66. The Hall–Kier alpha value is -2.14. The molecule has 5 heteroatoms. The fourth-order valence-corrected chi connectivity index (χ4v) is 1.98. The fourth-order valence-electron chi connectivity index (χ4n) is 1.78. The average Bonchev–Trinajstić information content (AvgIpc) is 2.46. The van der Waals surface area contributed by atoms with Gasteiger partial charge in [-0.25, -0.2) is 9.97 Å². The number of hydrogen-bond donors (Lipinski definition) is 1.